The van der Waals surface area contributed by atoms with Gasteiger partial charge in [-0.25, -0.2) is 0 Å². The molecule has 0 bridgehead atoms. The average Bonchev–Trinajstić information content (AvgIpc) is 3.29. The van der Waals surface area contributed by atoms with Crippen molar-refractivity contribution in [1.82, 2.24) is 5.32 Å². The second kappa shape index (κ2) is 6.29. The highest BCUT2D eigenvalue weighted by Gasteiger charge is 2.47. The first-order valence-electron chi connectivity index (χ1n) is 8.07. The van der Waals surface area contributed by atoms with Gasteiger partial charge in [-0.1, -0.05) is 0 Å². The molecular formula is C16H18F3N3O3. The molecule has 0 unspecified atom stereocenters. The van der Waals surface area contributed by atoms with Gasteiger partial charge in [-0.2, -0.15) is 13.2 Å². The van der Waals surface area contributed by atoms with E-state index >= 15 is 0 Å². The number of anilines is 1. The number of ketones is 1. The summed E-state index contributed by atoms with van der Waals surface area (Å²) in [5.74, 6) is 0.184. The number of nitro benzene ring substituents is 1. The van der Waals surface area contributed by atoms with Crippen molar-refractivity contribution in [2.75, 3.05) is 25.0 Å². The number of carbonyl (C=O) groups is 1. The molecule has 1 aromatic carbocycles. The van der Waals surface area contributed by atoms with Gasteiger partial charge in [-0.15, -0.1) is 0 Å². The number of benzene rings is 1. The number of alkyl halides is 3. The second-order valence-electron chi connectivity index (χ2n) is 6.69. The van der Waals surface area contributed by atoms with Crippen LogP contribution in [0.2, 0.25) is 0 Å². The van der Waals surface area contributed by atoms with Crippen molar-refractivity contribution in [2.24, 2.45) is 11.3 Å². The molecule has 1 heterocycles. The van der Waals surface area contributed by atoms with Gasteiger partial charge in [0.1, 0.15) is 11.5 Å². The third-order valence-corrected chi connectivity index (χ3v) is 4.85. The number of nitro groups is 1. The summed E-state index contributed by atoms with van der Waals surface area (Å²) < 4.78 is 38.3. The van der Waals surface area contributed by atoms with Crippen LogP contribution in [0, 0.1) is 21.4 Å². The van der Waals surface area contributed by atoms with E-state index in [9.17, 15) is 28.1 Å². The number of hydrogen-bond donors (Lipinski definition) is 2. The Hall–Kier alpha value is -2.16. The van der Waals surface area contributed by atoms with Crippen molar-refractivity contribution in [1.29, 1.82) is 0 Å². The molecule has 2 N–H and O–H groups in total. The SMILES string of the molecule is O=C(C1CC1)[C@@]1(CNc2ccc(C(F)(F)F)cc2[N+](=O)[O-])CCNC1. The number of hydrogen-bond acceptors (Lipinski definition) is 5. The molecule has 1 saturated heterocycles. The van der Waals surface area contributed by atoms with Crippen molar-refractivity contribution < 1.29 is 22.9 Å². The third kappa shape index (κ3) is 3.60. The maximum absolute atomic E-state index is 12.8. The Balaban J connectivity index is 1.82. The normalized spacial score (nSPS) is 23.5. The first kappa shape index (κ1) is 17.7. The van der Waals surface area contributed by atoms with Gasteiger partial charge >= 0.3 is 6.18 Å². The van der Waals surface area contributed by atoms with E-state index in [-0.39, 0.29) is 23.9 Å². The van der Waals surface area contributed by atoms with E-state index in [4.69, 9.17) is 0 Å². The summed E-state index contributed by atoms with van der Waals surface area (Å²) in [7, 11) is 0. The van der Waals surface area contributed by atoms with Crippen LogP contribution in [0.15, 0.2) is 18.2 Å². The fourth-order valence-corrected chi connectivity index (χ4v) is 3.24. The molecule has 2 aliphatic rings. The van der Waals surface area contributed by atoms with Gasteiger partial charge in [0.05, 0.1) is 15.9 Å². The first-order valence-corrected chi connectivity index (χ1v) is 8.07. The molecule has 1 aromatic rings. The van der Waals surface area contributed by atoms with Crippen molar-refractivity contribution in [3.8, 4) is 0 Å². The lowest BCUT2D eigenvalue weighted by Crippen LogP contribution is -2.41. The lowest BCUT2D eigenvalue weighted by atomic mass is 9.80. The standard InChI is InChI=1S/C16H18F3N3O3/c17-16(18,19)11-3-4-12(13(7-11)22(24)25)21-9-15(5-6-20-8-15)14(23)10-1-2-10/h3-4,7,10,20-21H,1-2,5-6,8-9H2/t15-/m0/s1. The van der Waals surface area contributed by atoms with E-state index in [1.165, 1.54) is 0 Å². The highest BCUT2D eigenvalue weighted by molar-refractivity contribution is 5.90. The number of nitrogens with one attached hydrogen (secondary N) is 2. The van der Waals surface area contributed by atoms with Gasteiger partial charge in [0, 0.05) is 25.1 Å². The van der Waals surface area contributed by atoms with E-state index in [0.717, 1.165) is 25.0 Å². The minimum atomic E-state index is -4.65. The molecule has 0 amide bonds. The summed E-state index contributed by atoms with van der Waals surface area (Å²) in [5, 5.41) is 17.1. The zero-order valence-electron chi connectivity index (χ0n) is 13.4. The zero-order valence-corrected chi connectivity index (χ0v) is 13.4. The zero-order chi connectivity index (χ0) is 18.2. The number of Topliss-reactive ketones (excluding diaryl/α,β-unsaturated/α-hetero) is 1. The third-order valence-electron chi connectivity index (χ3n) is 4.85. The molecular weight excluding hydrogens is 339 g/mol. The molecule has 3 rings (SSSR count). The molecule has 6 nitrogen and oxygen atoms in total. The quantitative estimate of drug-likeness (QED) is 0.604. The minimum Gasteiger partial charge on any atom is -0.378 e. The van der Waals surface area contributed by atoms with Crippen molar-refractivity contribution in [2.45, 2.75) is 25.4 Å². The molecule has 1 saturated carbocycles. The number of carbonyl (C=O) groups excluding carboxylic acids is 1. The summed E-state index contributed by atoms with van der Waals surface area (Å²) in [6, 6.07) is 2.38. The lowest BCUT2D eigenvalue weighted by Gasteiger charge is -2.27. The fourth-order valence-electron chi connectivity index (χ4n) is 3.24. The number of nitrogens with zero attached hydrogens (tertiary/aromatic N) is 1. The van der Waals surface area contributed by atoms with E-state index in [0.29, 0.717) is 25.6 Å². The number of halogens is 3. The molecule has 0 spiro atoms. The Bertz CT molecular complexity index is 696. The van der Waals surface area contributed by atoms with Crippen LogP contribution >= 0.6 is 0 Å². The Morgan fingerprint density at radius 1 is 1.40 bits per heavy atom. The lowest BCUT2D eigenvalue weighted by molar-refractivity contribution is -0.384. The van der Waals surface area contributed by atoms with Crippen LogP contribution in [-0.4, -0.2) is 30.3 Å². The van der Waals surface area contributed by atoms with E-state index in [1.807, 2.05) is 0 Å². The molecule has 25 heavy (non-hydrogen) atoms. The summed E-state index contributed by atoms with van der Waals surface area (Å²) in [4.78, 5) is 22.9. The highest BCUT2D eigenvalue weighted by atomic mass is 19.4. The summed E-state index contributed by atoms with van der Waals surface area (Å²) in [6.45, 7) is 1.32. The van der Waals surface area contributed by atoms with Crippen LogP contribution in [0.1, 0.15) is 24.8 Å². The molecule has 2 fully saturated rings. The maximum atomic E-state index is 12.8. The smallest absolute Gasteiger partial charge is 0.378 e. The van der Waals surface area contributed by atoms with Crippen molar-refractivity contribution in [3.63, 3.8) is 0 Å². The molecule has 136 valence electrons. The van der Waals surface area contributed by atoms with Gasteiger partial charge in [0.15, 0.2) is 0 Å². The van der Waals surface area contributed by atoms with Gasteiger partial charge in [0.2, 0.25) is 0 Å². The van der Waals surface area contributed by atoms with Crippen LogP contribution in [0.4, 0.5) is 24.5 Å². The molecule has 1 aliphatic heterocycles. The van der Waals surface area contributed by atoms with Crippen LogP contribution in [0.25, 0.3) is 0 Å². The van der Waals surface area contributed by atoms with Crippen LogP contribution in [-0.2, 0) is 11.0 Å². The topological polar surface area (TPSA) is 84.3 Å². The molecule has 9 heteroatoms. The van der Waals surface area contributed by atoms with Crippen molar-refractivity contribution >= 4 is 17.2 Å². The Kier molecular flexibility index (Phi) is 4.44. The molecule has 0 radical (unpaired) electrons. The van der Waals surface area contributed by atoms with E-state index in [2.05, 4.69) is 10.6 Å². The molecule has 0 aromatic heterocycles. The summed E-state index contributed by atoms with van der Waals surface area (Å²) >= 11 is 0. The van der Waals surface area contributed by atoms with Crippen LogP contribution in [0.5, 0.6) is 0 Å². The van der Waals surface area contributed by atoms with Gasteiger partial charge in [0.25, 0.3) is 5.69 Å². The Morgan fingerprint density at radius 2 is 2.12 bits per heavy atom. The predicted molar refractivity (Wildman–Crippen MR) is 84.2 cm³/mol. The minimum absolute atomic E-state index is 0.00660. The fraction of sp³-hybridized carbons (Fsp3) is 0.562. The largest absolute Gasteiger partial charge is 0.416 e. The summed E-state index contributed by atoms with van der Waals surface area (Å²) in [5.41, 5.74) is -2.38. The Morgan fingerprint density at radius 3 is 2.64 bits per heavy atom. The Labute approximate surface area is 141 Å². The summed E-state index contributed by atoms with van der Waals surface area (Å²) in [6.07, 6.45) is -2.31. The van der Waals surface area contributed by atoms with Crippen LogP contribution in [0.3, 0.4) is 0 Å². The van der Waals surface area contributed by atoms with E-state index in [1.54, 1.807) is 0 Å². The second-order valence-corrected chi connectivity index (χ2v) is 6.69. The predicted octanol–water partition coefficient (Wildman–Crippen LogP) is 2.98. The highest BCUT2D eigenvalue weighted by Crippen LogP contribution is 2.41. The molecule has 1 aliphatic carbocycles. The van der Waals surface area contributed by atoms with E-state index < -0.39 is 27.8 Å². The molecule has 1 atom stereocenters. The maximum Gasteiger partial charge on any atom is 0.416 e. The van der Waals surface area contributed by atoms with Gasteiger partial charge < -0.3 is 10.6 Å². The average molecular weight is 357 g/mol. The van der Waals surface area contributed by atoms with Crippen LogP contribution < -0.4 is 10.6 Å². The van der Waals surface area contributed by atoms with Gasteiger partial charge in [-0.3, -0.25) is 14.9 Å². The monoisotopic (exact) mass is 357 g/mol. The van der Waals surface area contributed by atoms with Gasteiger partial charge in [-0.05, 0) is 37.9 Å². The number of rotatable bonds is 6. The van der Waals surface area contributed by atoms with Crippen molar-refractivity contribution in [3.05, 3.63) is 33.9 Å². The first-order chi connectivity index (χ1) is 11.7.